The Morgan fingerprint density at radius 2 is 0.738 bits per heavy atom. The summed E-state index contributed by atoms with van der Waals surface area (Å²) >= 11 is 0. The molecule has 0 aromatic rings. The summed E-state index contributed by atoms with van der Waals surface area (Å²) in [6.07, 6.45) is 52.2. The van der Waals surface area contributed by atoms with Crippen molar-refractivity contribution in [3.8, 4) is 0 Å². The van der Waals surface area contributed by atoms with Gasteiger partial charge in [-0.2, -0.15) is 0 Å². The number of hydrogen-bond donors (Lipinski definition) is 2. The van der Waals surface area contributed by atoms with Crippen molar-refractivity contribution in [2.24, 2.45) is 11.8 Å². The van der Waals surface area contributed by atoms with E-state index >= 15 is 0 Å². The third-order valence-electron chi connectivity index (χ3n) is 12.9. The van der Waals surface area contributed by atoms with Gasteiger partial charge < -0.3 is 14.9 Å². The molecule has 2 N–H and O–H groups in total. The molecule has 0 aliphatic carbocycles. The lowest BCUT2D eigenvalue weighted by Crippen LogP contribution is -2.36. The molecule has 0 fully saturated rings. The fourth-order valence-corrected chi connectivity index (χ4v) is 8.69. The number of allylic oxidation sites excluding steroid dienone is 2. The van der Waals surface area contributed by atoms with Crippen LogP contribution in [0.1, 0.15) is 290 Å². The molecular weight excluding hydrogens is 757 g/mol. The van der Waals surface area contributed by atoms with Crippen LogP contribution in [0.2, 0.25) is 0 Å². The van der Waals surface area contributed by atoms with Crippen molar-refractivity contribution in [1.29, 1.82) is 0 Å². The second kappa shape index (κ2) is 47.9. The molecule has 0 saturated carbocycles. The van der Waals surface area contributed by atoms with Crippen LogP contribution in [-0.4, -0.2) is 47.1 Å². The number of hydrogen-bond acceptors (Lipinski definition) is 6. The summed E-state index contributed by atoms with van der Waals surface area (Å²) < 4.78 is 5.40. The number of aliphatic hydroxyl groups is 2. The number of ketones is 2. The van der Waals surface area contributed by atoms with E-state index in [4.69, 9.17) is 4.74 Å². The van der Waals surface area contributed by atoms with E-state index in [2.05, 4.69) is 32.9 Å². The number of rotatable bonds is 50. The van der Waals surface area contributed by atoms with Gasteiger partial charge in [-0.15, -0.1) is 0 Å². The second-order valence-electron chi connectivity index (χ2n) is 18.8. The van der Waals surface area contributed by atoms with Crippen molar-refractivity contribution in [2.75, 3.05) is 13.2 Å². The Balaban J connectivity index is 5.07. The summed E-state index contributed by atoms with van der Waals surface area (Å²) in [5.74, 6) is -2.71. The van der Waals surface area contributed by atoms with Gasteiger partial charge in [-0.1, -0.05) is 251 Å². The fourth-order valence-electron chi connectivity index (χ4n) is 8.69. The first-order valence-corrected chi connectivity index (χ1v) is 27.1. The quantitative estimate of drug-likeness (QED) is 0.0273. The van der Waals surface area contributed by atoms with Crippen LogP contribution in [0.3, 0.4) is 0 Å². The normalized spacial score (nSPS) is 13.2. The van der Waals surface area contributed by atoms with Crippen molar-refractivity contribution in [3.63, 3.8) is 0 Å². The van der Waals surface area contributed by atoms with E-state index in [1.54, 1.807) is 0 Å². The molecule has 0 rings (SSSR count). The Labute approximate surface area is 379 Å². The van der Waals surface area contributed by atoms with E-state index in [1.165, 1.54) is 173 Å². The molecule has 61 heavy (non-hydrogen) atoms. The number of aliphatic hydroxyl groups excluding tert-OH is 2. The summed E-state index contributed by atoms with van der Waals surface area (Å²) in [5, 5.41) is 19.2. The van der Waals surface area contributed by atoms with E-state index in [0.29, 0.717) is 19.3 Å². The summed E-state index contributed by atoms with van der Waals surface area (Å²) in [5.41, 5.74) is 0. The van der Waals surface area contributed by atoms with Crippen molar-refractivity contribution >= 4 is 17.5 Å². The molecule has 0 spiro atoms. The van der Waals surface area contributed by atoms with Gasteiger partial charge in [0.2, 0.25) is 0 Å². The molecule has 360 valence electrons. The molecular formula is C55H104O6. The number of esters is 1. The highest BCUT2D eigenvalue weighted by Gasteiger charge is 2.36. The Morgan fingerprint density at radius 3 is 1.10 bits per heavy atom. The number of carbonyl (C=O) groups is 3. The molecule has 0 aliphatic heterocycles. The van der Waals surface area contributed by atoms with E-state index in [1.807, 2.05) is 0 Å². The Morgan fingerprint density at radius 1 is 0.426 bits per heavy atom. The van der Waals surface area contributed by atoms with Crippen LogP contribution in [0.15, 0.2) is 12.2 Å². The number of unbranched alkanes of at least 4 members (excludes halogenated alkanes) is 35. The van der Waals surface area contributed by atoms with Crippen molar-refractivity contribution < 1.29 is 29.3 Å². The van der Waals surface area contributed by atoms with Gasteiger partial charge in [-0.3, -0.25) is 14.4 Å². The highest BCUT2D eigenvalue weighted by atomic mass is 16.5. The number of ether oxygens (including phenoxy) is 1. The van der Waals surface area contributed by atoms with Crippen LogP contribution in [0.5, 0.6) is 0 Å². The smallest absolute Gasteiger partial charge is 0.316 e. The lowest BCUT2D eigenvalue weighted by atomic mass is 9.82. The molecule has 3 atom stereocenters. The van der Waals surface area contributed by atoms with Gasteiger partial charge in [-0.05, 0) is 44.9 Å². The minimum absolute atomic E-state index is 0.0137. The zero-order valence-electron chi connectivity index (χ0n) is 41.0. The molecule has 6 heteroatoms. The van der Waals surface area contributed by atoms with E-state index in [9.17, 15) is 24.6 Å². The molecule has 3 unspecified atom stereocenters. The van der Waals surface area contributed by atoms with Gasteiger partial charge in [0, 0.05) is 6.42 Å². The van der Waals surface area contributed by atoms with Crippen LogP contribution < -0.4 is 0 Å². The molecule has 0 aromatic heterocycles. The summed E-state index contributed by atoms with van der Waals surface area (Å²) in [6.45, 7) is 5.93. The minimum Gasteiger partial charge on any atom is -0.462 e. The molecule has 0 saturated heterocycles. The summed E-state index contributed by atoms with van der Waals surface area (Å²) in [6, 6.07) is 0. The maximum absolute atomic E-state index is 14.3. The average Bonchev–Trinajstić information content (AvgIpc) is 3.26. The molecule has 0 bridgehead atoms. The van der Waals surface area contributed by atoms with Gasteiger partial charge in [0.1, 0.15) is 24.4 Å². The highest BCUT2D eigenvalue weighted by Crippen LogP contribution is 2.26. The van der Waals surface area contributed by atoms with Crippen LogP contribution >= 0.6 is 0 Å². The zero-order valence-corrected chi connectivity index (χ0v) is 41.0. The SMILES string of the molecule is CCCCCCCC/C=C\CCCCCCCC(=O)C(CCCCCCCCCCCCCCCC)C(=O)C(CCCCCCCCCCCCCC)C(=O)OCC(O)CO. The van der Waals surface area contributed by atoms with E-state index < -0.39 is 30.5 Å². The van der Waals surface area contributed by atoms with E-state index in [0.717, 1.165) is 77.0 Å². The lowest BCUT2D eigenvalue weighted by Gasteiger charge is -2.22. The molecule has 0 heterocycles. The second-order valence-corrected chi connectivity index (χ2v) is 18.8. The molecule has 0 aromatic carbocycles. The average molecular weight is 861 g/mol. The van der Waals surface area contributed by atoms with Gasteiger partial charge in [0.25, 0.3) is 0 Å². The summed E-state index contributed by atoms with van der Waals surface area (Å²) in [7, 11) is 0. The van der Waals surface area contributed by atoms with Crippen LogP contribution in [0, 0.1) is 11.8 Å². The van der Waals surface area contributed by atoms with Crippen molar-refractivity contribution in [1.82, 2.24) is 0 Å². The molecule has 0 radical (unpaired) electrons. The molecule has 6 nitrogen and oxygen atoms in total. The Kier molecular flexibility index (Phi) is 46.7. The standard InChI is InChI=1S/C55H104O6/c1-4-7-10-13-16-19-22-25-27-29-32-35-38-41-44-47-53(58)51(45-42-39-36-33-31-28-26-23-20-17-14-11-8-5-2)54(59)52(55(60)61-49-50(57)48-56)46-43-40-37-34-30-24-21-18-15-12-9-6-3/h25,27,50-52,56-57H,4-24,26,28-49H2,1-3H3/b27-25-. The number of Topliss-reactive ketones (excluding diaryl/α,β-unsaturated/α-hetero) is 2. The van der Waals surface area contributed by atoms with Gasteiger partial charge >= 0.3 is 5.97 Å². The van der Waals surface area contributed by atoms with Crippen molar-refractivity contribution in [3.05, 3.63) is 12.2 Å². The van der Waals surface area contributed by atoms with Gasteiger partial charge in [0.15, 0.2) is 5.78 Å². The van der Waals surface area contributed by atoms with Crippen LogP contribution in [-0.2, 0) is 19.1 Å². The predicted molar refractivity (Wildman–Crippen MR) is 261 cm³/mol. The fraction of sp³-hybridized carbons (Fsp3) is 0.909. The maximum Gasteiger partial charge on any atom is 0.316 e. The summed E-state index contributed by atoms with van der Waals surface area (Å²) in [4.78, 5) is 41.5. The van der Waals surface area contributed by atoms with E-state index in [-0.39, 0.29) is 18.2 Å². The predicted octanol–water partition coefficient (Wildman–Crippen LogP) is 16.3. The molecule has 0 amide bonds. The van der Waals surface area contributed by atoms with Crippen molar-refractivity contribution in [2.45, 2.75) is 297 Å². The first kappa shape index (κ1) is 59.5. The third kappa shape index (κ3) is 39.8. The van der Waals surface area contributed by atoms with Gasteiger partial charge in [0.05, 0.1) is 12.5 Å². The first-order chi connectivity index (χ1) is 29.9. The topological polar surface area (TPSA) is 101 Å². The third-order valence-corrected chi connectivity index (χ3v) is 12.9. The molecule has 0 aliphatic rings. The lowest BCUT2D eigenvalue weighted by molar-refractivity contribution is -0.157. The van der Waals surface area contributed by atoms with Crippen LogP contribution in [0.25, 0.3) is 0 Å². The minimum atomic E-state index is -1.18. The monoisotopic (exact) mass is 861 g/mol. The largest absolute Gasteiger partial charge is 0.462 e. The highest BCUT2D eigenvalue weighted by molar-refractivity contribution is 6.10. The van der Waals surface area contributed by atoms with Crippen LogP contribution in [0.4, 0.5) is 0 Å². The van der Waals surface area contributed by atoms with Gasteiger partial charge in [-0.25, -0.2) is 0 Å². The number of carbonyl (C=O) groups excluding carboxylic acids is 3. The Bertz CT molecular complexity index is 977. The first-order valence-electron chi connectivity index (χ1n) is 27.1. The zero-order chi connectivity index (χ0) is 44.7. The Hall–Kier alpha value is -1.53. The maximum atomic E-state index is 14.3.